The summed E-state index contributed by atoms with van der Waals surface area (Å²) < 4.78 is 10.2. The van der Waals surface area contributed by atoms with E-state index in [9.17, 15) is 4.79 Å². The molecule has 0 radical (unpaired) electrons. The van der Waals surface area contributed by atoms with Crippen molar-refractivity contribution in [1.82, 2.24) is 25.9 Å². The lowest BCUT2D eigenvalue weighted by Crippen LogP contribution is -2.23. The predicted octanol–water partition coefficient (Wildman–Crippen LogP) is 0.147. The first-order valence-corrected chi connectivity index (χ1v) is 5.46. The van der Waals surface area contributed by atoms with E-state index in [2.05, 4.69) is 25.9 Å². The number of hydrogen-bond donors (Lipinski definition) is 2. The summed E-state index contributed by atoms with van der Waals surface area (Å²) in [5.74, 6) is 1.22. The molecule has 0 aliphatic rings. The summed E-state index contributed by atoms with van der Waals surface area (Å²) >= 11 is 0. The molecule has 0 saturated heterocycles. The van der Waals surface area contributed by atoms with Crippen LogP contribution >= 0.6 is 0 Å². The second-order valence-corrected chi connectivity index (χ2v) is 3.61. The van der Waals surface area contributed by atoms with Crippen LogP contribution < -0.4 is 14.8 Å². The molecule has 2 N–H and O–H groups in total. The zero-order valence-electron chi connectivity index (χ0n) is 10.5. The van der Waals surface area contributed by atoms with Crippen LogP contribution in [0.5, 0.6) is 11.5 Å². The van der Waals surface area contributed by atoms with Gasteiger partial charge in [0.15, 0.2) is 5.82 Å². The van der Waals surface area contributed by atoms with Crippen LogP contribution in [0, 0.1) is 0 Å². The maximum Gasteiger partial charge on any atom is 0.251 e. The molecule has 0 unspecified atom stereocenters. The highest BCUT2D eigenvalue weighted by Crippen LogP contribution is 2.22. The van der Waals surface area contributed by atoms with Gasteiger partial charge in [0.05, 0.1) is 20.8 Å². The van der Waals surface area contributed by atoms with E-state index >= 15 is 0 Å². The molecule has 0 bridgehead atoms. The molecule has 100 valence electrons. The van der Waals surface area contributed by atoms with Crippen molar-refractivity contribution in [1.29, 1.82) is 0 Å². The molecule has 1 aromatic heterocycles. The lowest BCUT2D eigenvalue weighted by molar-refractivity contribution is 0.0949. The predicted molar refractivity (Wildman–Crippen MR) is 64.9 cm³/mol. The Bertz CT molecular complexity index is 533. The number of carbonyl (C=O) groups excluding carboxylic acids is 1. The number of aromatic amines is 1. The minimum Gasteiger partial charge on any atom is -0.497 e. The highest BCUT2D eigenvalue weighted by Gasteiger charge is 2.10. The van der Waals surface area contributed by atoms with E-state index in [1.54, 1.807) is 18.2 Å². The first-order valence-electron chi connectivity index (χ1n) is 5.46. The zero-order valence-corrected chi connectivity index (χ0v) is 10.5. The Kier molecular flexibility index (Phi) is 3.91. The summed E-state index contributed by atoms with van der Waals surface area (Å²) in [6, 6.07) is 4.93. The first kappa shape index (κ1) is 12.8. The van der Waals surface area contributed by atoms with E-state index in [-0.39, 0.29) is 12.5 Å². The van der Waals surface area contributed by atoms with Gasteiger partial charge in [-0.3, -0.25) is 4.79 Å². The van der Waals surface area contributed by atoms with Crippen LogP contribution in [-0.4, -0.2) is 40.8 Å². The summed E-state index contributed by atoms with van der Waals surface area (Å²) in [6.07, 6.45) is 0. The molecular weight excluding hydrogens is 250 g/mol. The third kappa shape index (κ3) is 3.18. The summed E-state index contributed by atoms with van der Waals surface area (Å²) in [6.45, 7) is 0.189. The number of ether oxygens (including phenoxy) is 2. The number of amides is 1. The highest BCUT2D eigenvalue weighted by molar-refractivity contribution is 5.95. The number of H-pyrrole nitrogens is 1. The largest absolute Gasteiger partial charge is 0.497 e. The molecule has 0 fully saturated rings. The van der Waals surface area contributed by atoms with Gasteiger partial charge in [-0.2, -0.15) is 5.21 Å². The molecule has 2 aromatic rings. The normalized spacial score (nSPS) is 10.0. The Hall–Kier alpha value is -2.64. The second-order valence-electron chi connectivity index (χ2n) is 3.61. The number of methoxy groups -OCH3 is 2. The van der Waals surface area contributed by atoms with E-state index in [0.29, 0.717) is 22.9 Å². The van der Waals surface area contributed by atoms with Gasteiger partial charge in [0.2, 0.25) is 0 Å². The molecule has 1 heterocycles. The smallest absolute Gasteiger partial charge is 0.251 e. The molecular formula is C11H13N5O3. The second kappa shape index (κ2) is 5.80. The van der Waals surface area contributed by atoms with Crippen molar-refractivity contribution in [2.45, 2.75) is 6.54 Å². The van der Waals surface area contributed by atoms with Gasteiger partial charge >= 0.3 is 0 Å². The lowest BCUT2D eigenvalue weighted by Gasteiger charge is -2.08. The molecule has 1 amide bonds. The first-order chi connectivity index (χ1) is 9.22. The highest BCUT2D eigenvalue weighted by atomic mass is 16.5. The molecule has 1 aromatic carbocycles. The van der Waals surface area contributed by atoms with Gasteiger partial charge in [-0.05, 0) is 12.1 Å². The van der Waals surface area contributed by atoms with Gasteiger partial charge in [0, 0.05) is 11.6 Å². The molecule has 2 rings (SSSR count). The zero-order chi connectivity index (χ0) is 13.7. The van der Waals surface area contributed by atoms with Crippen molar-refractivity contribution in [2.24, 2.45) is 0 Å². The van der Waals surface area contributed by atoms with E-state index in [0.717, 1.165) is 0 Å². The fraction of sp³-hybridized carbons (Fsp3) is 0.273. The van der Waals surface area contributed by atoms with Crippen molar-refractivity contribution in [3.63, 3.8) is 0 Å². The number of carbonyl (C=O) groups is 1. The van der Waals surface area contributed by atoms with Crippen molar-refractivity contribution in [3.8, 4) is 11.5 Å². The van der Waals surface area contributed by atoms with E-state index in [1.165, 1.54) is 14.2 Å². The van der Waals surface area contributed by atoms with E-state index < -0.39 is 0 Å². The average molecular weight is 263 g/mol. The number of benzene rings is 1. The Balaban J connectivity index is 2.09. The Morgan fingerprint density at radius 2 is 1.95 bits per heavy atom. The molecule has 0 aliphatic carbocycles. The standard InChI is InChI=1S/C11H13N5O3/c1-18-8-3-7(4-9(5-8)19-2)11(17)12-6-10-13-15-16-14-10/h3-5H,6H2,1-2H3,(H,12,17)(H,13,14,15,16). The molecule has 0 atom stereocenters. The van der Waals surface area contributed by atoms with Gasteiger partial charge in [-0.1, -0.05) is 5.21 Å². The van der Waals surface area contributed by atoms with Crippen LogP contribution in [0.2, 0.25) is 0 Å². The summed E-state index contributed by atoms with van der Waals surface area (Å²) in [7, 11) is 3.05. The fourth-order valence-electron chi connectivity index (χ4n) is 1.46. The molecule has 8 nitrogen and oxygen atoms in total. The van der Waals surface area contributed by atoms with Gasteiger partial charge in [0.25, 0.3) is 5.91 Å². The SMILES string of the molecule is COc1cc(OC)cc(C(=O)NCc2nn[nH]n2)c1. The van der Waals surface area contributed by atoms with Gasteiger partial charge in [-0.25, -0.2) is 0 Å². The average Bonchev–Trinajstić information content (AvgIpc) is 2.97. The number of tetrazole rings is 1. The van der Waals surface area contributed by atoms with Crippen molar-refractivity contribution < 1.29 is 14.3 Å². The van der Waals surface area contributed by atoms with Crippen LogP contribution in [0.25, 0.3) is 0 Å². The topological polar surface area (TPSA) is 102 Å². The number of nitrogens with zero attached hydrogens (tertiary/aromatic N) is 3. The summed E-state index contributed by atoms with van der Waals surface area (Å²) in [4.78, 5) is 12.0. The van der Waals surface area contributed by atoms with Crippen LogP contribution in [-0.2, 0) is 6.54 Å². The number of hydrogen-bond acceptors (Lipinski definition) is 6. The van der Waals surface area contributed by atoms with Crippen LogP contribution in [0.15, 0.2) is 18.2 Å². The van der Waals surface area contributed by atoms with E-state index in [4.69, 9.17) is 9.47 Å². The quantitative estimate of drug-likeness (QED) is 0.796. The molecule has 19 heavy (non-hydrogen) atoms. The van der Waals surface area contributed by atoms with Crippen LogP contribution in [0.4, 0.5) is 0 Å². The number of aromatic nitrogens is 4. The third-order valence-corrected chi connectivity index (χ3v) is 2.41. The Morgan fingerprint density at radius 1 is 1.26 bits per heavy atom. The minimum atomic E-state index is -0.276. The van der Waals surface area contributed by atoms with Gasteiger partial charge in [-0.15, -0.1) is 10.2 Å². The summed E-state index contributed by atoms with van der Waals surface area (Å²) in [5, 5.41) is 15.9. The van der Waals surface area contributed by atoms with Gasteiger partial charge < -0.3 is 14.8 Å². The van der Waals surface area contributed by atoms with Crippen molar-refractivity contribution >= 4 is 5.91 Å². The molecule has 0 saturated carbocycles. The minimum absolute atomic E-state index is 0.189. The molecule has 8 heteroatoms. The lowest BCUT2D eigenvalue weighted by atomic mass is 10.2. The van der Waals surface area contributed by atoms with Crippen LogP contribution in [0.1, 0.15) is 16.2 Å². The monoisotopic (exact) mass is 263 g/mol. The Labute approximate surface area is 109 Å². The maximum atomic E-state index is 12.0. The maximum absolute atomic E-state index is 12.0. The van der Waals surface area contributed by atoms with E-state index in [1.807, 2.05) is 0 Å². The molecule has 0 aliphatic heterocycles. The number of nitrogens with one attached hydrogen (secondary N) is 2. The number of rotatable bonds is 5. The molecule has 0 spiro atoms. The third-order valence-electron chi connectivity index (χ3n) is 2.41. The van der Waals surface area contributed by atoms with Crippen LogP contribution in [0.3, 0.4) is 0 Å². The van der Waals surface area contributed by atoms with Gasteiger partial charge in [0.1, 0.15) is 11.5 Å². The summed E-state index contributed by atoms with van der Waals surface area (Å²) in [5.41, 5.74) is 0.430. The van der Waals surface area contributed by atoms with Crippen molar-refractivity contribution in [2.75, 3.05) is 14.2 Å². The Morgan fingerprint density at radius 3 is 2.47 bits per heavy atom. The fourth-order valence-corrected chi connectivity index (χ4v) is 1.46. The van der Waals surface area contributed by atoms with Crippen molar-refractivity contribution in [3.05, 3.63) is 29.6 Å².